The number of nitrogens with zero attached hydrogens (tertiary/aromatic N) is 1. The molecule has 0 atom stereocenters. The van der Waals surface area contributed by atoms with E-state index in [2.05, 4.69) is 42.4 Å². The van der Waals surface area contributed by atoms with Crippen LogP contribution in [0.25, 0.3) is 0 Å². The molecule has 0 aliphatic heterocycles. The Labute approximate surface area is 108 Å². The SMILES string of the molecule is CC(=O)N/N=C/c1cc(Br)c(O)c(Br)c1O. The van der Waals surface area contributed by atoms with Gasteiger partial charge in [0.15, 0.2) is 0 Å². The molecule has 0 spiro atoms. The van der Waals surface area contributed by atoms with Crippen LogP contribution in [0.15, 0.2) is 20.1 Å². The van der Waals surface area contributed by atoms with E-state index in [1.165, 1.54) is 19.2 Å². The van der Waals surface area contributed by atoms with E-state index in [0.717, 1.165) is 0 Å². The predicted octanol–water partition coefficient (Wildman–Crippen LogP) is 2.09. The van der Waals surface area contributed by atoms with Gasteiger partial charge < -0.3 is 10.2 Å². The normalized spacial score (nSPS) is 10.7. The molecular formula is C9H8Br2N2O3. The summed E-state index contributed by atoms with van der Waals surface area (Å²) in [5.74, 6) is -0.573. The van der Waals surface area contributed by atoms with E-state index in [0.29, 0.717) is 10.0 Å². The number of hydrogen-bond donors (Lipinski definition) is 3. The lowest BCUT2D eigenvalue weighted by molar-refractivity contribution is -0.118. The Hall–Kier alpha value is -1.08. The zero-order valence-electron chi connectivity index (χ0n) is 8.16. The summed E-state index contributed by atoms with van der Waals surface area (Å²) in [7, 11) is 0. The molecule has 1 amide bonds. The summed E-state index contributed by atoms with van der Waals surface area (Å²) < 4.78 is 0.563. The lowest BCUT2D eigenvalue weighted by Gasteiger charge is -2.05. The average molecular weight is 352 g/mol. The van der Waals surface area contributed by atoms with Gasteiger partial charge in [0.2, 0.25) is 5.91 Å². The maximum atomic E-state index is 10.6. The second-order valence-electron chi connectivity index (χ2n) is 2.89. The summed E-state index contributed by atoms with van der Waals surface area (Å²) in [5.41, 5.74) is 2.55. The minimum absolute atomic E-state index is 0.103. The van der Waals surface area contributed by atoms with Gasteiger partial charge in [0.1, 0.15) is 16.0 Å². The van der Waals surface area contributed by atoms with Crippen molar-refractivity contribution in [2.45, 2.75) is 6.92 Å². The van der Waals surface area contributed by atoms with E-state index < -0.39 is 0 Å². The molecule has 0 fully saturated rings. The third kappa shape index (κ3) is 2.96. The molecule has 0 radical (unpaired) electrons. The van der Waals surface area contributed by atoms with Gasteiger partial charge >= 0.3 is 0 Å². The second-order valence-corrected chi connectivity index (χ2v) is 4.53. The van der Waals surface area contributed by atoms with Crippen molar-refractivity contribution in [1.82, 2.24) is 5.43 Å². The molecule has 0 saturated carbocycles. The van der Waals surface area contributed by atoms with Gasteiger partial charge in [-0.15, -0.1) is 0 Å². The largest absolute Gasteiger partial charge is 0.506 e. The molecule has 0 aromatic heterocycles. The summed E-state index contributed by atoms with van der Waals surface area (Å²) >= 11 is 6.13. The van der Waals surface area contributed by atoms with Gasteiger partial charge in [-0.2, -0.15) is 5.10 Å². The van der Waals surface area contributed by atoms with Crippen molar-refractivity contribution in [3.05, 3.63) is 20.6 Å². The van der Waals surface area contributed by atoms with Gasteiger partial charge in [-0.3, -0.25) is 4.79 Å². The maximum absolute atomic E-state index is 10.6. The average Bonchev–Trinajstić information content (AvgIpc) is 2.22. The van der Waals surface area contributed by atoms with Crippen LogP contribution in [0.2, 0.25) is 0 Å². The molecule has 0 aliphatic rings. The third-order valence-corrected chi connectivity index (χ3v) is 2.98. The Balaban J connectivity index is 3.06. The van der Waals surface area contributed by atoms with Crippen LogP contribution in [0.4, 0.5) is 0 Å². The van der Waals surface area contributed by atoms with Crippen molar-refractivity contribution in [1.29, 1.82) is 0 Å². The van der Waals surface area contributed by atoms with Crippen molar-refractivity contribution in [2.24, 2.45) is 5.10 Å². The van der Waals surface area contributed by atoms with Gasteiger partial charge in [0, 0.05) is 12.5 Å². The Morgan fingerprint density at radius 3 is 2.62 bits per heavy atom. The van der Waals surface area contributed by atoms with Crippen molar-refractivity contribution >= 4 is 44.0 Å². The number of hydrogen-bond acceptors (Lipinski definition) is 4. The van der Waals surface area contributed by atoms with Crippen LogP contribution in [-0.2, 0) is 4.79 Å². The van der Waals surface area contributed by atoms with Crippen LogP contribution in [-0.4, -0.2) is 22.3 Å². The standard InChI is InChI=1S/C9H8Br2N2O3/c1-4(14)13-12-3-5-2-6(10)9(16)7(11)8(5)15/h2-3,15-16H,1H3,(H,13,14)/b12-3+. The number of carbonyl (C=O) groups excluding carboxylic acids is 1. The minimum Gasteiger partial charge on any atom is -0.506 e. The summed E-state index contributed by atoms with van der Waals surface area (Å²) in [6, 6.07) is 1.47. The van der Waals surface area contributed by atoms with Crippen molar-refractivity contribution < 1.29 is 15.0 Å². The number of hydrazone groups is 1. The molecule has 0 heterocycles. The molecule has 0 unspecified atom stereocenters. The molecule has 1 aromatic rings. The Bertz CT molecular complexity index is 461. The first-order valence-corrected chi connectivity index (χ1v) is 5.71. The number of nitrogens with one attached hydrogen (secondary N) is 1. The molecule has 3 N–H and O–H groups in total. The van der Waals surface area contributed by atoms with Gasteiger partial charge in [0.05, 0.1) is 10.7 Å². The molecule has 16 heavy (non-hydrogen) atoms. The van der Waals surface area contributed by atoms with Crippen LogP contribution < -0.4 is 5.43 Å². The topological polar surface area (TPSA) is 81.9 Å². The number of amides is 1. The van der Waals surface area contributed by atoms with Gasteiger partial charge in [-0.25, -0.2) is 5.43 Å². The maximum Gasteiger partial charge on any atom is 0.236 e. The number of phenolic OH excluding ortho intramolecular Hbond substituents is 2. The zero-order valence-corrected chi connectivity index (χ0v) is 11.3. The van der Waals surface area contributed by atoms with E-state index >= 15 is 0 Å². The smallest absolute Gasteiger partial charge is 0.236 e. The summed E-state index contributed by atoms with van der Waals surface area (Å²) in [6.45, 7) is 1.32. The molecular weight excluding hydrogens is 344 g/mol. The molecule has 5 nitrogen and oxygen atoms in total. The van der Waals surface area contributed by atoms with Crippen LogP contribution in [0, 0.1) is 0 Å². The van der Waals surface area contributed by atoms with Crippen molar-refractivity contribution in [2.75, 3.05) is 0 Å². The van der Waals surface area contributed by atoms with Crippen molar-refractivity contribution in [3.63, 3.8) is 0 Å². The van der Waals surface area contributed by atoms with Crippen molar-refractivity contribution in [3.8, 4) is 11.5 Å². The molecule has 1 rings (SSSR count). The third-order valence-electron chi connectivity index (χ3n) is 1.62. The van der Waals surface area contributed by atoms with Gasteiger partial charge in [-0.05, 0) is 37.9 Å². The number of benzene rings is 1. The fourth-order valence-corrected chi connectivity index (χ4v) is 2.06. The number of carbonyl (C=O) groups is 1. The van der Waals surface area contributed by atoms with E-state index in [1.54, 1.807) is 0 Å². The summed E-state index contributed by atoms with van der Waals surface area (Å²) in [6.07, 6.45) is 1.27. The fraction of sp³-hybridized carbons (Fsp3) is 0.111. The summed E-state index contributed by atoms with van der Waals surface area (Å²) in [5, 5.41) is 22.7. The number of halogens is 2. The van der Waals surface area contributed by atoms with Crippen LogP contribution in [0.5, 0.6) is 11.5 Å². The molecule has 0 aliphatic carbocycles. The molecule has 1 aromatic carbocycles. The Morgan fingerprint density at radius 2 is 2.06 bits per heavy atom. The molecule has 86 valence electrons. The van der Waals surface area contributed by atoms with Gasteiger partial charge in [-0.1, -0.05) is 0 Å². The van der Waals surface area contributed by atoms with Gasteiger partial charge in [0.25, 0.3) is 0 Å². The monoisotopic (exact) mass is 350 g/mol. The van der Waals surface area contributed by atoms with E-state index in [9.17, 15) is 15.0 Å². The van der Waals surface area contributed by atoms with Crippen LogP contribution in [0.3, 0.4) is 0 Å². The first-order valence-electron chi connectivity index (χ1n) is 4.13. The second kappa shape index (κ2) is 5.31. The lowest BCUT2D eigenvalue weighted by Crippen LogP contribution is -2.12. The highest BCUT2D eigenvalue weighted by molar-refractivity contribution is 9.11. The molecule has 0 bridgehead atoms. The lowest BCUT2D eigenvalue weighted by atomic mass is 10.2. The minimum atomic E-state index is -0.312. The summed E-state index contributed by atoms with van der Waals surface area (Å²) in [4.78, 5) is 10.6. The number of rotatable bonds is 2. The van der Waals surface area contributed by atoms with Crippen LogP contribution in [0.1, 0.15) is 12.5 Å². The first kappa shape index (κ1) is 13.0. The highest BCUT2D eigenvalue weighted by atomic mass is 79.9. The van der Waals surface area contributed by atoms with E-state index in [-0.39, 0.29) is 21.9 Å². The highest BCUT2D eigenvalue weighted by Gasteiger charge is 2.12. The highest BCUT2D eigenvalue weighted by Crippen LogP contribution is 2.40. The molecule has 7 heteroatoms. The fourth-order valence-electron chi connectivity index (χ4n) is 0.908. The number of aromatic hydroxyl groups is 2. The quantitative estimate of drug-likeness (QED) is 0.563. The predicted molar refractivity (Wildman–Crippen MR) is 66.6 cm³/mol. The number of phenols is 2. The zero-order chi connectivity index (χ0) is 12.3. The van der Waals surface area contributed by atoms with E-state index in [1.807, 2.05) is 0 Å². The Morgan fingerprint density at radius 1 is 1.44 bits per heavy atom. The first-order chi connectivity index (χ1) is 7.43. The van der Waals surface area contributed by atoms with E-state index in [4.69, 9.17) is 0 Å². The molecule has 0 saturated heterocycles. The van der Waals surface area contributed by atoms with Crippen LogP contribution >= 0.6 is 31.9 Å². The Kier molecular flexibility index (Phi) is 4.31.